The first-order chi connectivity index (χ1) is 13.1. The molecule has 8 heteroatoms. The fraction of sp³-hybridized carbons (Fsp3) is 0.300. The minimum atomic E-state index is -3.67. The molecule has 0 aliphatic rings. The van der Waals surface area contributed by atoms with Crippen LogP contribution >= 0.6 is 0 Å². The van der Waals surface area contributed by atoms with Gasteiger partial charge < -0.3 is 10.1 Å². The van der Waals surface area contributed by atoms with Crippen molar-refractivity contribution in [2.45, 2.75) is 20.8 Å². The molecule has 2 aromatic rings. The number of anilines is 2. The summed E-state index contributed by atoms with van der Waals surface area (Å²) >= 11 is 0. The summed E-state index contributed by atoms with van der Waals surface area (Å²) in [5.41, 5.74) is 2.89. The second-order valence-electron chi connectivity index (χ2n) is 6.46. The number of amides is 1. The van der Waals surface area contributed by atoms with Gasteiger partial charge in [-0.2, -0.15) is 0 Å². The molecule has 0 saturated heterocycles. The summed E-state index contributed by atoms with van der Waals surface area (Å²) in [7, 11) is -3.67. The monoisotopic (exact) mass is 404 g/mol. The molecular weight excluding hydrogens is 380 g/mol. The van der Waals surface area contributed by atoms with Gasteiger partial charge in [-0.25, -0.2) is 13.2 Å². The van der Waals surface area contributed by atoms with Gasteiger partial charge >= 0.3 is 5.97 Å². The molecule has 28 heavy (non-hydrogen) atoms. The molecule has 7 nitrogen and oxygen atoms in total. The summed E-state index contributed by atoms with van der Waals surface area (Å²) in [5.74, 6) is -1.02. The van der Waals surface area contributed by atoms with Gasteiger partial charge in [0, 0.05) is 5.69 Å². The predicted molar refractivity (Wildman–Crippen MR) is 109 cm³/mol. The van der Waals surface area contributed by atoms with Crippen LogP contribution in [0.2, 0.25) is 0 Å². The number of nitrogens with zero attached hydrogens (tertiary/aromatic N) is 1. The molecule has 0 radical (unpaired) electrons. The lowest BCUT2D eigenvalue weighted by Gasteiger charge is -2.23. The fourth-order valence-corrected chi connectivity index (χ4v) is 3.60. The molecule has 1 amide bonds. The molecule has 2 rings (SSSR count). The number of carbonyl (C=O) groups excluding carboxylic acids is 2. The Morgan fingerprint density at radius 2 is 1.71 bits per heavy atom. The Labute approximate surface area is 165 Å². The number of carbonyl (C=O) groups is 2. The van der Waals surface area contributed by atoms with Crippen LogP contribution in [0, 0.1) is 13.8 Å². The number of sulfonamides is 1. The Bertz CT molecular complexity index is 966. The average Bonchev–Trinajstić information content (AvgIpc) is 2.58. The Morgan fingerprint density at radius 1 is 1.07 bits per heavy atom. The zero-order chi connectivity index (χ0) is 20.9. The third-order valence-electron chi connectivity index (χ3n) is 3.84. The fourth-order valence-electron chi connectivity index (χ4n) is 2.76. The molecule has 1 N–H and O–H groups in total. The van der Waals surface area contributed by atoms with Gasteiger partial charge in [-0.15, -0.1) is 0 Å². The molecule has 0 aliphatic heterocycles. The summed E-state index contributed by atoms with van der Waals surface area (Å²) < 4.78 is 30.5. The van der Waals surface area contributed by atoms with Crippen molar-refractivity contribution < 1.29 is 22.7 Å². The molecule has 0 fully saturated rings. The summed E-state index contributed by atoms with van der Waals surface area (Å²) in [5, 5.41) is 2.63. The van der Waals surface area contributed by atoms with E-state index in [1.807, 2.05) is 19.9 Å². The Kier molecular flexibility index (Phi) is 6.80. The number of hydrogen-bond acceptors (Lipinski definition) is 5. The lowest BCUT2D eigenvalue weighted by Crippen LogP contribution is -2.37. The maximum atomic E-state index is 12.5. The van der Waals surface area contributed by atoms with Crippen molar-refractivity contribution >= 4 is 33.3 Å². The molecule has 0 saturated carbocycles. The normalized spacial score (nSPS) is 11.0. The van der Waals surface area contributed by atoms with Crippen molar-refractivity contribution in [1.82, 2.24) is 0 Å². The van der Waals surface area contributed by atoms with Crippen LogP contribution in [0.25, 0.3) is 0 Å². The SMILES string of the molecule is CCOC(=O)c1cccc(NC(=O)CN(c2cc(C)cc(C)c2)S(C)(=O)=O)c1. The molecule has 0 heterocycles. The van der Waals surface area contributed by atoms with Crippen LogP contribution in [0.4, 0.5) is 11.4 Å². The highest BCUT2D eigenvalue weighted by Crippen LogP contribution is 2.21. The third kappa shape index (κ3) is 5.82. The van der Waals surface area contributed by atoms with Gasteiger partial charge in [0.15, 0.2) is 0 Å². The number of hydrogen-bond donors (Lipinski definition) is 1. The van der Waals surface area contributed by atoms with E-state index in [4.69, 9.17) is 4.74 Å². The van der Waals surface area contributed by atoms with E-state index < -0.39 is 21.9 Å². The van der Waals surface area contributed by atoms with E-state index in [-0.39, 0.29) is 13.2 Å². The maximum absolute atomic E-state index is 12.5. The van der Waals surface area contributed by atoms with E-state index in [0.29, 0.717) is 16.9 Å². The standard InChI is InChI=1S/C20H24N2O5S/c1-5-27-20(24)16-7-6-8-17(12-16)21-19(23)13-22(28(4,25)26)18-10-14(2)9-15(3)11-18/h6-12H,5,13H2,1-4H3,(H,21,23). The maximum Gasteiger partial charge on any atom is 0.338 e. The Hall–Kier alpha value is -2.87. The molecule has 2 aromatic carbocycles. The second kappa shape index (κ2) is 8.88. The van der Waals surface area contributed by atoms with Crippen LogP contribution in [0.15, 0.2) is 42.5 Å². The van der Waals surface area contributed by atoms with Gasteiger partial charge in [0.2, 0.25) is 15.9 Å². The number of aryl methyl sites for hydroxylation is 2. The predicted octanol–water partition coefficient (Wildman–Crippen LogP) is 2.88. The van der Waals surface area contributed by atoms with Gasteiger partial charge in [-0.1, -0.05) is 12.1 Å². The van der Waals surface area contributed by atoms with Crippen molar-refractivity contribution in [3.05, 3.63) is 59.2 Å². The van der Waals surface area contributed by atoms with Crippen LogP contribution in [-0.4, -0.2) is 39.7 Å². The van der Waals surface area contributed by atoms with Crippen molar-refractivity contribution in [2.24, 2.45) is 0 Å². The highest BCUT2D eigenvalue weighted by atomic mass is 32.2. The Balaban J connectivity index is 2.21. The van der Waals surface area contributed by atoms with E-state index in [0.717, 1.165) is 21.7 Å². The minimum Gasteiger partial charge on any atom is -0.462 e. The minimum absolute atomic E-state index is 0.245. The van der Waals surface area contributed by atoms with Crippen LogP contribution in [0.5, 0.6) is 0 Å². The van der Waals surface area contributed by atoms with Crippen LogP contribution in [0.3, 0.4) is 0 Å². The highest BCUT2D eigenvalue weighted by molar-refractivity contribution is 7.92. The van der Waals surface area contributed by atoms with E-state index >= 15 is 0 Å². The van der Waals surface area contributed by atoms with E-state index in [1.165, 1.54) is 6.07 Å². The van der Waals surface area contributed by atoms with E-state index in [2.05, 4.69) is 5.32 Å². The van der Waals surface area contributed by atoms with E-state index in [1.54, 1.807) is 37.3 Å². The van der Waals surface area contributed by atoms with Gasteiger partial charge in [0.1, 0.15) is 6.54 Å². The first kappa shape index (κ1) is 21.4. The molecule has 0 bridgehead atoms. The quantitative estimate of drug-likeness (QED) is 0.717. The average molecular weight is 404 g/mol. The molecule has 0 aromatic heterocycles. The Morgan fingerprint density at radius 3 is 2.29 bits per heavy atom. The number of esters is 1. The highest BCUT2D eigenvalue weighted by Gasteiger charge is 2.21. The van der Waals surface area contributed by atoms with Crippen molar-refractivity contribution in [1.29, 1.82) is 0 Å². The molecule has 0 spiro atoms. The first-order valence-electron chi connectivity index (χ1n) is 8.73. The number of ether oxygens (including phenoxy) is 1. The van der Waals surface area contributed by atoms with Crippen molar-refractivity contribution in [2.75, 3.05) is 29.0 Å². The van der Waals surface area contributed by atoms with Gasteiger partial charge in [-0.3, -0.25) is 9.10 Å². The summed E-state index contributed by atoms with van der Waals surface area (Å²) in [6.45, 7) is 5.28. The molecule has 0 atom stereocenters. The van der Waals surface area contributed by atoms with E-state index in [9.17, 15) is 18.0 Å². The second-order valence-corrected chi connectivity index (χ2v) is 8.37. The topological polar surface area (TPSA) is 92.8 Å². The van der Waals surface area contributed by atoms with Crippen LogP contribution in [0.1, 0.15) is 28.4 Å². The zero-order valence-electron chi connectivity index (χ0n) is 16.4. The molecule has 0 unspecified atom stereocenters. The smallest absolute Gasteiger partial charge is 0.338 e. The molecule has 150 valence electrons. The lowest BCUT2D eigenvalue weighted by molar-refractivity contribution is -0.114. The summed E-state index contributed by atoms with van der Waals surface area (Å²) in [4.78, 5) is 24.3. The zero-order valence-corrected chi connectivity index (χ0v) is 17.2. The largest absolute Gasteiger partial charge is 0.462 e. The van der Waals surface area contributed by atoms with Crippen molar-refractivity contribution in [3.8, 4) is 0 Å². The third-order valence-corrected chi connectivity index (χ3v) is 4.98. The molecular formula is C20H24N2O5S. The molecule has 0 aliphatic carbocycles. The number of nitrogens with one attached hydrogen (secondary N) is 1. The summed E-state index contributed by atoms with van der Waals surface area (Å²) in [6.07, 6.45) is 1.05. The number of benzene rings is 2. The number of rotatable bonds is 7. The van der Waals surface area contributed by atoms with Crippen LogP contribution in [-0.2, 0) is 19.6 Å². The first-order valence-corrected chi connectivity index (χ1v) is 10.6. The van der Waals surface area contributed by atoms with Crippen molar-refractivity contribution in [3.63, 3.8) is 0 Å². The van der Waals surface area contributed by atoms with Gasteiger partial charge in [0.05, 0.1) is 24.1 Å². The van der Waals surface area contributed by atoms with Gasteiger partial charge in [0.25, 0.3) is 0 Å². The summed E-state index contributed by atoms with van der Waals surface area (Å²) in [6, 6.07) is 11.6. The van der Waals surface area contributed by atoms with Gasteiger partial charge in [-0.05, 0) is 62.2 Å². The lowest BCUT2D eigenvalue weighted by atomic mass is 10.1. The van der Waals surface area contributed by atoms with Crippen LogP contribution < -0.4 is 9.62 Å².